The van der Waals surface area contributed by atoms with E-state index in [4.69, 9.17) is 15.9 Å². The van der Waals surface area contributed by atoms with E-state index in [0.717, 1.165) is 0 Å². The summed E-state index contributed by atoms with van der Waals surface area (Å²) in [6.45, 7) is 0. The Morgan fingerprint density at radius 2 is 2.29 bits per heavy atom. The summed E-state index contributed by atoms with van der Waals surface area (Å²) in [6, 6.07) is 4.12. The normalized spacial score (nSPS) is 10.3. The molecule has 0 aliphatic carbocycles. The molecule has 0 fully saturated rings. The number of amides is 2. The molecule has 0 aliphatic rings. The molecule has 4 N–H and O–H groups in total. The third-order valence-electron chi connectivity index (χ3n) is 1.63. The van der Waals surface area contributed by atoms with Gasteiger partial charge >= 0.3 is 6.03 Å². The number of primary amides is 1. The molecule has 1 heterocycles. The van der Waals surface area contributed by atoms with Crippen LogP contribution in [0.1, 0.15) is 0 Å². The fourth-order valence-corrected chi connectivity index (χ4v) is 1.13. The average Bonchev–Trinajstić information content (AvgIpc) is 2.42. The van der Waals surface area contributed by atoms with Gasteiger partial charge in [-0.05, 0) is 18.2 Å². The van der Waals surface area contributed by atoms with Gasteiger partial charge in [0.05, 0.1) is 5.69 Å². The molecule has 0 atom stereocenters. The Morgan fingerprint density at radius 3 is 3.00 bits per heavy atom. The number of nitrogens with zero attached hydrogens (tertiary/aromatic N) is 2. The quantitative estimate of drug-likeness (QED) is 0.692. The highest BCUT2D eigenvalue weighted by atomic mass is 16.4. The molecule has 2 aromatic rings. The van der Waals surface area contributed by atoms with E-state index in [1.54, 1.807) is 18.2 Å². The van der Waals surface area contributed by atoms with E-state index in [1.807, 2.05) is 0 Å². The van der Waals surface area contributed by atoms with Gasteiger partial charge in [0.2, 0.25) is 0 Å². The van der Waals surface area contributed by atoms with E-state index in [0.29, 0.717) is 16.8 Å². The third-order valence-corrected chi connectivity index (χ3v) is 1.63. The number of rotatable bonds is 1. The Hall–Kier alpha value is -2.24. The maximum atomic E-state index is 10.5. The first-order chi connectivity index (χ1) is 6.65. The van der Waals surface area contributed by atoms with Gasteiger partial charge in [0, 0.05) is 0 Å². The SMILES string of the molecule is NC(=O)[N]c1ccc2oc(N)nc2c1. The fourth-order valence-electron chi connectivity index (χ4n) is 1.13. The summed E-state index contributed by atoms with van der Waals surface area (Å²) < 4.78 is 5.04. The number of carbonyl (C=O) groups is 1. The van der Waals surface area contributed by atoms with Crippen LogP contribution in [-0.2, 0) is 0 Å². The van der Waals surface area contributed by atoms with Crippen LogP contribution in [-0.4, -0.2) is 11.0 Å². The van der Waals surface area contributed by atoms with E-state index in [9.17, 15) is 4.79 Å². The Balaban J connectivity index is 2.45. The smallest absolute Gasteiger partial charge is 0.338 e. The van der Waals surface area contributed by atoms with Gasteiger partial charge in [-0.1, -0.05) is 0 Å². The zero-order valence-corrected chi connectivity index (χ0v) is 7.10. The van der Waals surface area contributed by atoms with Crippen molar-refractivity contribution >= 4 is 28.8 Å². The fraction of sp³-hybridized carbons (Fsp3) is 0. The number of carbonyl (C=O) groups excluding carboxylic acids is 1. The highest BCUT2D eigenvalue weighted by Crippen LogP contribution is 2.20. The number of benzene rings is 1. The molecule has 2 amide bonds. The number of nitrogen functional groups attached to an aromatic ring is 1. The van der Waals surface area contributed by atoms with Crippen LogP contribution in [0.15, 0.2) is 22.6 Å². The van der Waals surface area contributed by atoms with E-state index < -0.39 is 6.03 Å². The van der Waals surface area contributed by atoms with Crippen LogP contribution < -0.4 is 16.8 Å². The number of hydrogen-bond donors (Lipinski definition) is 2. The maximum Gasteiger partial charge on any atom is 0.338 e. The first kappa shape index (κ1) is 8.36. The topological polar surface area (TPSA) is 109 Å². The molecule has 0 aliphatic heterocycles. The lowest BCUT2D eigenvalue weighted by atomic mass is 10.3. The van der Waals surface area contributed by atoms with Crippen molar-refractivity contribution < 1.29 is 9.21 Å². The minimum absolute atomic E-state index is 0.0798. The van der Waals surface area contributed by atoms with Crippen LogP contribution in [0.25, 0.3) is 11.1 Å². The van der Waals surface area contributed by atoms with Gasteiger partial charge in [-0.3, -0.25) is 0 Å². The van der Waals surface area contributed by atoms with Crippen LogP contribution >= 0.6 is 0 Å². The minimum Gasteiger partial charge on any atom is -0.424 e. The van der Waals surface area contributed by atoms with Crippen molar-refractivity contribution in [1.29, 1.82) is 0 Å². The van der Waals surface area contributed by atoms with E-state index in [-0.39, 0.29) is 6.01 Å². The van der Waals surface area contributed by atoms with Crippen molar-refractivity contribution in [3.05, 3.63) is 18.2 Å². The van der Waals surface area contributed by atoms with Gasteiger partial charge < -0.3 is 15.9 Å². The molecule has 71 valence electrons. The zero-order valence-electron chi connectivity index (χ0n) is 7.10. The van der Waals surface area contributed by atoms with Crippen molar-refractivity contribution in [2.45, 2.75) is 0 Å². The molecule has 0 unspecified atom stereocenters. The molecule has 6 heteroatoms. The maximum absolute atomic E-state index is 10.5. The second-order valence-electron chi connectivity index (χ2n) is 2.65. The molecule has 0 bridgehead atoms. The summed E-state index contributed by atoms with van der Waals surface area (Å²) in [6.07, 6.45) is 0. The predicted molar refractivity (Wildman–Crippen MR) is 49.8 cm³/mol. The van der Waals surface area contributed by atoms with Gasteiger partial charge in [0.15, 0.2) is 5.58 Å². The lowest BCUT2D eigenvalue weighted by Gasteiger charge is -1.95. The molecule has 1 aromatic heterocycles. The average molecular weight is 191 g/mol. The second kappa shape index (κ2) is 2.91. The van der Waals surface area contributed by atoms with Crippen molar-refractivity contribution in [1.82, 2.24) is 10.3 Å². The Bertz CT molecular complexity index is 491. The lowest BCUT2D eigenvalue weighted by Crippen LogP contribution is -2.18. The summed E-state index contributed by atoms with van der Waals surface area (Å²) in [4.78, 5) is 14.4. The zero-order chi connectivity index (χ0) is 10.1. The molecule has 6 nitrogen and oxygen atoms in total. The number of oxazole rings is 1. The summed E-state index contributed by atoms with van der Waals surface area (Å²) in [5.41, 5.74) is 11.8. The first-order valence-corrected chi connectivity index (χ1v) is 3.82. The Morgan fingerprint density at radius 1 is 1.50 bits per heavy atom. The predicted octanol–water partition coefficient (Wildman–Crippen LogP) is 0.725. The second-order valence-corrected chi connectivity index (χ2v) is 2.65. The van der Waals surface area contributed by atoms with Gasteiger partial charge in [0.25, 0.3) is 6.01 Å². The monoisotopic (exact) mass is 191 g/mol. The number of urea groups is 1. The standard InChI is InChI=1S/C8H7N4O2/c9-7(13)11-4-1-2-6-5(3-4)12-8(10)14-6/h1-3H,(H2,9,13)(H2,10,12). The van der Waals surface area contributed by atoms with Crippen LogP contribution in [0.5, 0.6) is 0 Å². The van der Waals surface area contributed by atoms with Crippen molar-refractivity contribution in [2.24, 2.45) is 5.73 Å². The number of fused-ring (bicyclic) bond motifs is 1. The molecule has 0 saturated heterocycles. The molecule has 2 rings (SSSR count). The number of nitrogens with two attached hydrogens (primary N) is 2. The number of anilines is 1. The molecular formula is C8H7N4O2. The largest absolute Gasteiger partial charge is 0.424 e. The summed E-state index contributed by atoms with van der Waals surface area (Å²) in [7, 11) is 0. The summed E-state index contributed by atoms with van der Waals surface area (Å²) >= 11 is 0. The van der Waals surface area contributed by atoms with Crippen LogP contribution in [0, 0.1) is 0 Å². The van der Waals surface area contributed by atoms with Crippen molar-refractivity contribution in [3.63, 3.8) is 0 Å². The van der Waals surface area contributed by atoms with Gasteiger partial charge in [0.1, 0.15) is 5.52 Å². The molecule has 0 saturated carbocycles. The molecule has 14 heavy (non-hydrogen) atoms. The lowest BCUT2D eigenvalue weighted by molar-refractivity contribution is 0.252. The van der Waals surface area contributed by atoms with Gasteiger partial charge in [-0.25, -0.2) is 4.79 Å². The number of aromatic nitrogens is 1. The van der Waals surface area contributed by atoms with Gasteiger partial charge in [-0.15, -0.1) is 0 Å². The number of hydrogen-bond acceptors (Lipinski definition) is 4. The molecular weight excluding hydrogens is 184 g/mol. The molecule has 1 aromatic carbocycles. The first-order valence-electron chi connectivity index (χ1n) is 3.82. The van der Waals surface area contributed by atoms with E-state index in [2.05, 4.69) is 10.3 Å². The Kier molecular flexibility index (Phi) is 1.74. The Labute approximate surface area is 78.9 Å². The summed E-state index contributed by atoms with van der Waals surface area (Å²) in [5.74, 6) is 0. The van der Waals surface area contributed by atoms with E-state index >= 15 is 0 Å². The highest BCUT2D eigenvalue weighted by molar-refractivity contribution is 5.82. The van der Waals surface area contributed by atoms with E-state index in [1.165, 1.54) is 0 Å². The van der Waals surface area contributed by atoms with Crippen molar-refractivity contribution in [2.75, 3.05) is 5.73 Å². The van der Waals surface area contributed by atoms with Gasteiger partial charge in [-0.2, -0.15) is 10.3 Å². The molecule has 0 spiro atoms. The summed E-state index contributed by atoms with van der Waals surface area (Å²) in [5, 5.41) is 3.54. The van der Waals surface area contributed by atoms with Crippen LogP contribution in [0.2, 0.25) is 0 Å². The third kappa shape index (κ3) is 1.45. The van der Waals surface area contributed by atoms with Crippen molar-refractivity contribution in [3.8, 4) is 0 Å². The van der Waals surface area contributed by atoms with Crippen LogP contribution in [0.3, 0.4) is 0 Å². The highest BCUT2D eigenvalue weighted by Gasteiger charge is 2.05. The van der Waals surface area contributed by atoms with Crippen LogP contribution in [0.4, 0.5) is 16.5 Å². The molecule has 1 radical (unpaired) electrons. The minimum atomic E-state index is -0.749.